The number of nitrogens with one attached hydrogen (secondary N) is 1. The van der Waals surface area contributed by atoms with E-state index in [4.69, 9.17) is 4.42 Å². The van der Waals surface area contributed by atoms with E-state index in [0.29, 0.717) is 5.71 Å². The molecule has 0 fully saturated rings. The fraction of sp³-hybridized carbons (Fsp3) is 0.0238. The summed E-state index contributed by atoms with van der Waals surface area (Å²) in [5, 5.41) is 15.9. The molecule has 0 atom stereocenters. The summed E-state index contributed by atoms with van der Waals surface area (Å²) in [6.45, 7) is 6.38. The molecule has 1 aromatic heterocycles. The van der Waals surface area contributed by atoms with Crippen LogP contribution in [0, 0.1) is 5.41 Å². The smallest absolute Gasteiger partial charge is 0.143 e. The summed E-state index contributed by atoms with van der Waals surface area (Å²) in [4.78, 5) is 0. The van der Waals surface area contributed by atoms with Gasteiger partial charge in [0.2, 0.25) is 0 Å². The second kappa shape index (κ2) is 11.5. The van der Waals surface area contributed by atoms with E-state index in [1.165, 1.54) is 0 Å². The van der Waals surface area contributed by atoms with Crippen LogP contribution in [0.4, 0.5) is 0 Å². The lowest BCUT2D eigenvalue weighted by Crippen LogP contribution is -2.01. The lowest BCUT2D eigenvalue weighted by Gasteiger charge is -2.15. The summed E-state index contributed by atoms with van der Waals surface area (Å²) in [5.74, 6) is 0. The number of benzene rings is 6. The number of hydrogen-bond donors (Lipinski definition) is 1. The Balaban J connectivity index is 1.28. The molecule has 0 spiro atoms. The number of fused-ring (bicyclic) bond motifs is 6. The maximum Gasteiger partial charge on any atom is 0.143 e. The van der Waals surface area contributed by atoms with Gasteiger partial charge in [0.15, 0.2) is 0 Å². The minimum atomic E-state index is 0.434. The molecule has 0 radical (unpaired) electrons. The van der Waals surface area contributed by atoms with Gasteiger partial charge in [0.25, 0.3) is 0 Å². The largest absolute Gasteiger partial charge is 0.455 e. The molecule has 210 valence electrons. The first-order chi connectivity index (χ1) is 21.6. The molecule has 1 N–H and O–H groups in total. The molecular weight excluding hydrogens is 534 g/mol. The van der Waals surface area contributed by atoms with Gasteiger partial charge < -0.3 is 9.83 Å². The molecule has 0 saturated carbocycles. The van der Waals surface area contributed by atoms with Gasteiger partial charge in [-0.05, 0) is 81.3 Å². The average molecular weight is 566 g/mol. The van der Waals surface area contributed by atoms with E-state index >= 15 is 0 Å². The van der Waals surface area contributed by atoms with E-state index in [9.17, 15) is 5.41 Å². The van der Waals surface area contributed by atoms with Crippen LogP contribution in [0.3, 0.4) is 0 Å². The van der Waals surface area contributed by atoms with Crippen molar-refractivity contribution in [3.8, 4) is 11.1 Å². The van der Waals surface area contributed by atoms with Crippen LogP contribution in [0.5, 0.6) is 0 Å². The zero-order chi connectivity index (χ0) is 30.0. The summed E-state index contributed by atoms with van der Waals surface area (Å²) in [6.07, 6.45) is 12.0. The maximum atomic E-state index is 9.26. The normalized spacial score (nSPS) is 12.1. The highest BCUT2D eigenvalue weighted by Gasteiger charge is 2.15. The molecule has 7 rings (SSSR count). The van der Waals surface area contributed by atoms with Crippen molar-refractivity contribution in [1.82, 2.24) is 0 Å². The van der Waals surface area contributed by atoms with Crippen LogP contribution < -0.4 is 0 Å². The van der Waals surface area contributed by atoms with E-state index in [2.05, 4.69) is 91.5 Å². The predicted octanol–water partition coefficient (Wildman–Crippen LogP) is 11.8. The van der Waals surface area contributed by atoms with Gasteiger partial charge >= 0.3 is 0 Å². The zero-order valence-corrected chi connectivity index (χ0v) is 24.5. The van der Waals surface area contributed by atoms with E-state index in [1.807, 2.05) is 73.7 Å². The monoisotopic (exact) mass is 565 g/mol. The van der Waals surface area contributed by atoms with Gasteiger partial charge in [-0.2, -0.15) is 0 Å². The highest BCUT2D eigenvalue weighted by Crippen LogP contribution is 2.36. The third-order valence-electron chi connectivity index (χ3n) is 8.19. The maximum absolute atomic E-state index is 9.26. The van der Waals surface area contributed by atoms with E-state index in [-0.39, 0.29) is 0 Å². The van der Waals surface area contributed by atoms with Crippen molar-refractivity contribution in [1.29, 1.82) is 5.41 Å². The highest BCUT2D eigenvalue weighted by atomic mass is 16.3. The highest BCUT2D eigenvalue weighted by molar-refractivity contribution is 6.20. The van der Waals surface area contributed by atoms with Crippen molar-refractivity contribution in [3.63, 3.8) is 0 Å². The second-order valence-corrected chi connectivity index (χ2v) is 10.9. The van der Waals surface area contributed by atoms with Crippen LogP contribution in [-0.4, -0.2) is 5.71 Å². The minimum Gasteiger partial charge on any atom is -0.455 e. The molecule has 6 aromatic carbocycles. The molecule has 0 aliphatic heterocycles. The van der Waals surface area contributed by atoms with Crippen molar-refractivity contribution < 1.29 is 4.42 Å². The Kier molecular flexibility index (Phi) is 7.09. The van der Waals surface area contributed by atoms with Gasteiger partial charge in [0.05, 0.1) is 5.71 Å². The van der Waals surface area contributed by atoms with Gasteiger partial charge in [-0.1, -0.05) is 128 Å². The van der Waals surface area contributed by atoms with Crippen molar-refractivity contribution in [3.05, 3.63) is 169 Å². The Morgan fingerprint density at radius 3 is 2.25 bits per heavy atom. The number of rotatable bonds is 7. The summed E-state index contributed by atoms with van der Waals surface area (Å²) in [6, 6.07) is 39.8. The summed E-state index contributed by atoms with van der Waals surface area (Å²) < 4.78 is 6.30. The quantitative estimate of drug-likeness (QED) is 0.151. The average Bonchev–Trinajstić information content (AvgIpc) is 3.45. The zero-order valence-electron chi connectivity index (χ0n) is 24.5. The molecule has 0 aliphatic rings. The molecule has 44 heavy (non-hydrogen) atoms. The Bertz CT molecular complexity index is 2310. The molecule has 2 nitrogen and oxygen atoms in total. The second-order valence-electron chi connectivity index (χ2n) is 10.9. The molecule has 0 amide bonds. The number of hydrogen-bond acceptors (Lipinski definition) is 2. The van der Waals surface area contributed by atoms with Crippen LogP contribution in [0.25, 0.3) is 66.3 Å². The van der Waals surface area contributed by atoms with Gasteiger partial charge in [-0.25, -0.2) is 0 Å². The van der Waals surface area contributed by atoms with Gasteiger partial charge in [0.1, 0.15) is 11.2 Å². The van der Waals surface area contributed by atoms with Crippen molar-refractivity contribution in [2.45, 2.75) is 6.92 Å². The van der Waals surface area contributed by atoms with Crippen LogP contribution >= 0.6 is 0 Å². The number of allylic oxidation sites excluding steroid dienone is 6. The van der Waals surface area contributed by atoms with Crippen molar-refractivity contribution >= 4 is 60.8 Å². The first kappa shape index (κ1) is 27.1. The molecule has 1 heterocycles. The molecular formula is C42H31NO. The van der Waals surface area contributed by atoms with Crippen LogP contribution in [0.2, 0.25) is 0 Å². The Morgan fingerprint density at radius 1 is 0.682 bits per heavy atom. The van der Waals surface area contributed by atoms with Crippen LogP contribution in [-0.2, 0) is 0 Å². The van der Waals surface area contributed by atoms with E-state index in [0.717, 1.165) is 76.9 Å². The van der Waals surface area contributed by atoms with Gasteiger partial charge in [-0.15, -0.1) is 0 Å². The molecule has 7 aromatic rings. The van der Waals surface area contributed by atoms with Crippen molar-refractivity contribution in [2.75, 3.05) is 0 Å². The molecule has 0 unspecified atom stereocenters. The SMILES string of the molecule is C=C(/C=C\C(=N)c1c(/C=C\C=C/C)cc(-c2ccccc2)c2ccccc12)c1ccc2oc3c4ccccc4ccc3c2c1. The minimum absolute atomic E-state index is 0.434. The predicted molar refractivity (Wildman–Crippen MR) is 189 cm³/mol. The van der Waals surface area contributed by atoms with Crippen LogP contribution in [0.15, 0.2) is 157 Å². The van der Waals surface area contributed by atoms with E-state index in [1.54, 1.807) is 0 Å². The van der Waals surface area contributed by atoms with Gasteiger partial charge in [-0.3, -0.25) is 0 Å². The molecule has 0 aliphatic carbocycles. The first-order valence-electron chi connectivity index (χ1n) is 14.8. The lowest BCUT2D eigenvalue weighted by atomic mass is 9.88. The van der Waals surface area contributed by atoms with Crippen LogP contribution in [0.1, 0.15) is 23.6 Å². The Morgan fingerprint density at radius 2 is 1.43 bits per heavy atom. The van der Waals surface area contributed by atoms with Gasteiger partial charge in [0, 0.05) is 21.7 Å². The lowest BCUT2D eigenvalue weighted by molar-refractivity contribution is 0.672. The summed E-state index contributed by atoms with van der Waals surface area (Å²) in [5.41, 5.74) is 8.23. The molecule has 0 bridgehead atoms. The molecule has 0 saturated heterocycles. The number of furan rings is 1. The topological polar surface area (TPSA) is 37.0 Å². The Hall–Kier alpha value is -5.73. The molecule has 2 heteroatoms. The first-order valence-corrected chi connectivity index (χ1v) is 14.8. The fourth-order valence-corrected chi connectivity index (χ4v) is 6.02. The standard InChI is InChI=1S/C42H31NO/c1-3-4-6-16-32-27-37(29-13-7-5-8-14-29)34-18-11-12-19-35(34)41(32)39(43)24-20-28(2)31-22-25-40-38(26-31)36-23-21-30-15-9-10-17-33(30)42(36)44-40/h3-27,43H,2H2,1H3/b4-3-,16-6-,24-20-,43-39?. The summed E-state index contributed by atoms with van der Waals surface area (Å²) in [7, 11) is 0. The third kappa shape index (κ3) is 4.87. The Labute approximate surface area is 257 Å². The third-order valence-corrected chi connectivity index (χ3v) is 8.19. The fourth-order valence-electron chi connectivity index (χ4n) is 6.02. The van der Waals surface area contributed by atoms with E-state index < -0.39 is 0 Å². The van der Waals surface area contributed by atoms with Crippen molar-refractivity contribution in [2.24, 2.45) is 0 Å². The summed E-state index contributed by atoms with van der Waals surface area (Å²) >= 11 is 0.